The van der Waals surface area contributed by atoms with Crippen molar-refractivity contribution in [3.8, 4) is 0 Å². The van der Waals surface area contributed by atoms with E-state index in [9.17, 15) is 14.4 Å². The van der Waals surface area contributed by atoms with Gasteiger partial charge in [0.2, 0.25) is 5.91 Å². The van der Waals surface area contributed by atoms with Gasteiger partial charge in [0, 0.05) is 43.7 Å². The number of amides is 2. The lowest BCUT2D eigenvalue weighted by Crippen LogP contribution is -2.58. The Morgan fingerprint density at radius 3 is 2.90 bits per heavy atom. The lowest BCUT2D eigenvalue weighted by atomic mass is 9.99. The standard InChI is InChI=1S/C19H21N7O4/c1-23-19(29)26-4-2-12(9-15(26)22-23)24-6-7-30-14-8-11(10-21-17(14)24)18(28)25-5-3-13(25)16(20)27/h2,4,8-9,13,21H,3,5-7,10H2,1H3,(H2,20,27)/t13-/m0/s1. The number of dihydropyridines is 1. The summed E-state index contributed by atoms with van der Waals surface area (Å²) in [4.78, 5) is 39.8. The van der Waals surface area contributed by atoms with E-state index in [4.69, 9.17) is 10.5 Å². The molecule has 3 aliphatic heterocycles. The number of carbonyl (C=O) groups excluding carboxylic acids is 2. The van der Waals surface area contributed by atoms with Crippen molar-refractivity contribution in [3.63, 3.8) is 0 Å². The third kappa shape index (κ3) is 2.73. The SMILES string of the molecule is Cn1nc2cc(N3CCOC4=C3NCC(C(=O)N3CC[C@H]3C(N)=O)=C4)ccn2c1=O. The fourth-order valence-corrected chi connectivity index (χ4v) is 3.98. The van der Waals surface area contributed by atoms with Gasteiger partial charge in [-0.05, 0) is 18.6 Å². The number of hydrogen-bond donors (Lipinski definition) is 2. The number of rotatable bonds is 3. The van der Waals surface area contributed by atoms with E-state index in [2.05, 4.69) is 10.4 Å². The van der Waals surface area contributed by atoms with Crippen molar-refractivity contribution in [1.82, 2.24) is 24.4 Å². The summed E-state index contributed by atoms with van der Waals surface area (Å²) in [5, 5.41) is 7.50. The molecule has 30 heavy (non-hydrogen) atoms. The number of pyridine rings is 1. The predicted octanol–water partition coefficient (Wildman–Crippen LogP) is -1.35. The maximum atomic E-state index is 12.8. The maximum absolute atomic E-state index is 12.8. The quantitative estimate of drug-likeness (QED) is 0.640. The molecule has 2 amide bonds. The second kappa shape index (κ2) is 6.65. The van der Waals surface area contributed by atoms with Crippen LogP contribution in [0.5, 0.6) is 0 Å². The van der Waals surface area contributed by atoms with E-state index in [-0.39, 0.29) is 11.6 Å². The minimum Gasteiger partial charge on any atom is -0.488 e. The third-order valence-electron chi connectivity index (χ3n) is 5.68. The van der Waals surface area contributed by atoms with Crippen LogP contribution in [0.3, 0.4) is 0 Å². The highest BCUT2D eigenvalue weighted by Gasteiger charge is 2.38. The zero-order valence-corrected chi connectivity index (χ0v) is 16.4. The summed E-state index contributed by atoms with van der Waals surface area (Å²) < 4.78 is 8.56. The number of aryl methyl sites for hydroxylation is 1. The lowest BCUT2D eigenvalue weighted by Gasteiger charge is -2.40. The Morgan fingerprint density at radius 2 is 2.17 bits per heavy atom. The molecule has 11 heteroatoms. The molecule has 156 valence electrons. The van der Waals surface area contributed by atoms with Gasteiger partial charge in [-0.15, -0.1) is 0 Å². The zero-order valence-electron chi connectivity index (χ0n) is 16.4. The summed E-state index contributed by atoms with van der Waals surface area (Å²) in [7, 11) is 1.61. The van der Waals surface area contributed by atoms with Gasteiger partial charge < -0.3 is 25.6 Å². The van der Waals surface area contributed by atoms with Crippen LogP contribution in [0, 0.1) is 0 Å². The number of nitrogens with two attached hydrogens (primary N) is 1. The van der Waals surface area contributed by atoms with Gasteiger partial charge in [-0.2, -0.15) is 5.10 Å². The highest BCUT2D eigenvalue weighted by molar-refractivity contribution is 5.98. The Kier molecular flexibility index (Phi) is 4.05. The maximum Gasteiger partial charge on any atom is 0.350 e. The van der Waals surface area contributed by atoms with Crippen LogP contribution in [-0.2, 0) is 21.4 Å². The first-order valence-corrected chi connectivity index (χ1v) is 9.69. The molecule has 5 rings (SSSR count). The Labute approximate surface area is 171 Å². The van der Waals surface area contributed by atoms with Crippen molar-refractivity contribution in [1.29, 1.82) is 0 Å². The number of fused-ring (bicyclic) bond motifs is 1. The number of nitrogens with zero attached hydrogens (tertiary/aromatic N) is 5. The molecule has 2 aromatic rings. The van der Waals surface area contributed by atoms with Crippen molar-refractivity contribution in [2.24, 2.45) is 12.8 Å². The fourth-order valence-electron chi connectivity index (χ4n) is 3.98. The number of allylic oxidation sites excluding steroid dienone is 1. The number of anilines is 1. The topological polar surface area (TPSA) is 127 Å². The van der Waals surface area contributed by atoms with Gasteiger partial charge in [0.05, 0.1) is 6.54 Å². The van der Waals surface area contributed by atoms with Crippen LogP contribution in [0.4, 0.5) is 5.69 Å². The minimum atomic E-state index is -0.536. The molecule has 2 aromatic heterocycles. The Bertz CT molecular complexity index is 1190. The van der Waals surface area contributed by atoms with Gasteiger partial charge >= 0.3 is 5.69 Å². The van der Waals surface area contributed by atoms with Crippen LogP contribution in [0.1, 0.15) is 6.42 Å². The Balaban J connectivity index is 1.45. The van der Waals surface area contributed by atoms with Crippen molar-refractivity contribution < 1.29 is 14.3 Å². The van der Waals surface area contributed by atoms with Crippen LogP contribution < -0.4 is 21.6 Å². The van der Waals surface area contributed by atoms with Crippen molar-refractivity contribution >= 4 is 23.1 Å². The molecule has 0 aliphatic carbocycles. The van der Waals surface area contributed by atoms with Crippen LogP contribution in [0.25, 0.3) is 5.65 Å². The second-order valence-electron chi connectivity index (χ2n) is 7.46. The first-order chi connectivity index (χ1) is 14.4. The van der Waals surface area contributed by atoms with Crippen LogP contribution in [0.2, 0.25) is 0 Å². The largest absolute Gasteiger partial charge is 0.488 e. The van der Waals surface area contributed by atoms with E-state index in [1.807, 2.05) is 17.0 Å². The molecule has 0 bridgehead atoms. The molecule has 1 fully saturated rings. The van der Waals surface area contributed by atoms with E-state index in [0.717, 1.165) is 11.5 Å². The molecule has 0 radical (unpaired) electrons. The monoisotopic (exact) mass is 411 g/mol. The van der Waals surface area contributed by atoms with Gasteiger partial charge in [0.15, 0.2) is 11.4 Å². The molecule has 0 unspecified atom stereocenters. The fraction of sp³-hybridized carbons (Fsp3) is 0.368. The van der Waals surface area contributed by atoms with E-state index >= 15 is 0 Å². The van der Waals surface area contributed by atoms with Gasteiger partial charge in [-0.1, -0.05) is 0 Å². The molecule has 0 aromatic carbocycles. The number of aromatic nitrogens is 3. The minimum absolute atomic E-state index is 0.208. The average Bonchev–Trinajstić information content (AvgIpc) is 2.99. The van der Waals surface area contributed by atoms with E-state index in [1.54, 1.807) is 19.3 Å². The summed E-state index contributed by atoms with van der Waals surface area (Å²) >= 11 is 0. The first-order valence-electron chi connectivity index (χ1n) is 9.69. The van der Waals surface area contributed by atoms with E-state index < -0.39 is 11.9 Å². The smallest absolute Gasteiger partial charge is 0.350 e. The Hall–Kier alpha value is -3.76. The summed E-state index contributed by atoms with van der Waals surface area (Å²) in [6.07, 6.45) is 4.01. The molecule has 1 atom stereocenters. The van der Waals surface area contributed by atoms with Crippen LogP contribution in [-0.4, -0.2) is 63.2 Å². The van der Waals surface area contributed by atoms with E-state index in [0.29, 0.717) is 49.6 Å². The molecule has 3 aliphatic rings. The van der Waals surface area contributed by atoms with Crippen LogP contribution >= 0.6 is 0 Å². The average molecular weight is 411 g/mol. The molecular weight excluding hydrogens is 390 g/mol. The number of carbonyl (C=O) groups is 2. The molecule has 3 N–H and O–H groups in total. The summed E-state index contributed by atoms with van der Waals surface area (Å²) in [5.74, 6) is 0.614. The molecule has 5 heterocycles. The van der Waals surface area contributed by atoms with Gasteiger partial charge in [0.25, 0.3) is 5.91 Å². The highest BCUT2D eigenvalue weighted by atomic mass is 16.5. The van der Waals surface area contributed by atoms with E-state index in [1.165, 1.54) is 14.0 Å². The Morgan fingerprint density at radius 1 is 1.33 bits per heavy atom. The van der Waals surface area contributed by atoms with Gasteiger partial charge in [-0.25, -0.2) is 9.48 Å². The third-order valence-corrected chi connectivity index (χ3v) is 5.68. The van der Waals surface area contributed by atoms with Crippen molar-refractivity contribution in [2.75, 3.05) is 31.1 Å². The van der Waals surface area contributed by atoms with Gasteiger partial charge in [-0.3, -0.25) is 14.0 Å². The van der Waals surface area contributed by atoms with Crippen molar-refractivity contribution in [3.05, 3.63) is 52.0 Å². The molecule has 0 spiro atoms. The molecule has 11 nitrogen and oxygen atoms in total. The lowest BCUT2D eigenvalue weighted by molar-refractivity contribution is -0.143. The summed E-state index contributed by atoms with van der Waals surface area (Å²) in [6.45, 7) is 1.87. The highest BCUT2D eigenvalue weighted by Crippen LogP contribution is 2.29. The molecule has 1 saturated heterocycles. The second-order valence-corrected chi connectivity index (χ2v) is 7.46. The number of nitrogens with one attached hydrogen (secondary N) is 1. The molecule has 0 saturated carbocycles. The van der Waals surface area contributed by atoms with Crippen LogP contribution in [0.15, 0.2) is 46.4 Å². The normalized spacial score (nSPS) is 20.8. The first kappa shape index (κ1) is 18.3. The van der Waals surface area contributed by atoms with Crippen molar-refractivity contribution in [2.45, 2.75) is 12.5 Å². The number of likely N-dealkylation sites (tertiary alicyclic amines) is 1. The molecular formula is C19H21N7O4. The number of hydrogen-bond acceptors (Lipinski definition) is 7. The zero-order chi connectivity index (χ0) is 21.0. The summed E-state index contributed by atoms with van der Waals surface area (Å²) in [5.41, 5.74) is 7.08. The predicted molar refractivity (Wildman–Crippen MR) is 106 cm³/mol. The number of primary amides is 1. The number of ether oxygens (including phenoxy) is 1. The van der Waals surface area contributed by atoms with Gasteiger partial charge in [0.1, 0.15) is 18.5 Å². The summed E-state index contributed by atoms with van der Waals surface area (Å²) in [6, 6.07) is 3.14.